The Labute approximate surface area is 129 Å². The van der Waals surface area contributed by atoms with Gasteiger partial charge in [-0.05, 0) is 43.4 Å². The molecule has 0 aromatic heterocycles. The molecule has 114 valence electrons. The van der Waals surface area contributed by atoms with Gasteiger partial charge in [0.05, 0.1) is 5.02 Å². The molecule has 1 aromatic rings. The number of hydrogen-bond acceptors (Lipinski definition) is 3. The van der Waals surface area contributed by atoms with E-state index >= 15 is 0 Å². The highest BCUT2D eigenvalue weighted by Crippen LogP contribution is 2.30. The van der Waals surface area contributed by atoms with Crippen molar-refractivity contribution >= 4 is 23.5 Å². The van der Waals surface area contributed by atoms with E-state index in [0.717, 1.165) is 31.2 Å². The van der Waals surface area contributed by atoms with E-state index in [1.54, 1.807) is 12.1 Å². The number of nitrogens with one attached hydrogen (secondary N) is 1. The standard InChI is InChI=1S/C16H20ClNO3/c1-10-7-8-13(17)14(9-10)21-16(20)15(18-11(2)19)12-5-3-4-6-12/h7-9,12,15H,3-6H2,1-2H3,(H,18,19). The topological polar surface area (TPSA) is 55.4 Å². The summed E-state index contributed by atoms with van der Waals surface area (Å²) in [5, 5.41) is 3.11. The van der Waals surface area contributed by atoms with Gasteiger partial charge in [0, 0.05) is 6.92 Å². The molecule has 2 rings (SSSR count). The summed E-state index contributed by atoms with van der Waals surface area (Å²) in [5.41, 5.74) is 0.958. The van der Waals surface area contributed by atoms with Gasteiger partial charge in [-0.15, -0.1) is 0 Å². The summed E-state index contributed by atoms with van der Waals surface area (Å²) >= 11 is 6.05. The van der Waals surface area contributed by atoms with Crippen LogP contribution < -0.4 is 10.1 Å². The number of carbonyl (C=O) groups excluding carboxylic acids is 2. The highest BCUT2D eigenvalue weighted by atomic mass is 35.5. The quantitative estimate of drug-likeness (QED) is 0.686. The second kappa shape index (κ2) is 6.94. The number of rotatable bonds is 4. The van der Waals surface area contributed by atoms with Crippen LogP contribution in [0.2, 0.25) is 5.02 Å². The fourth-order valence-corrected chi connectivity index (χ4v) is 2.90. The molecule has 5 heteroatoms. The first-order valence-corrected chi connectivity index (χ1v) is 7.60. The monoisotopic (exact) mass is 309 g/mol. The van der Waals surface area contributed by atoms with Crippen molar-refractivity contribution in [2.75, 3.05) is 0 Å². The van der Waals surface area contributed by atoms with Gasteiger partial charge in [0.25, 0.3) is 0 Å². The SMILES string of the molecule is CC(=O)NC(C(=O)Oc1cc(C)ccc1Cl)C1CCCC1. The van der Waals surface area contributed by atoms with E-state index < -0.39 is 12.0 Å². The van der Waals surface area contributed by atoms with Crippen molar-refractivity contribution in [3.05, 3.63) is 28.8 Å². The molecule has 1 atom stereocenters. The molecule has 21 heavy (non-hydrogen) atoms. The minimum atomic E-state index is -0.596. The lowest BCUT2D eigenvalue weighted by Gasteiger charge is -2.22. The molecule has 1 aromatic carbocycles. The maximum Gasteiger partial charge on any atom is 0.334 e. The molecule has 0 bridgehead atoms. The first-order valence-electron chi connectivity index (χ1n) is 7.22. The van der Waals surface area contributed by atoms with Gasteiger partial charge < -0.3 is 10.1 Å². The Kier molecular flexibility index (Phi) is 5.23. The van der Waals surface area contributed by atoms with E-state index in [-0.39, 0.29) is 11.8 Å². The maximum atomic E-state index is 12.4. The molecule has 1 aliphatic rings. The molecule has 0 heterocycles. The van der Waals surface area contributed by atoms with Crippen molar-refractivity contribution < 1.29 is 14.3 Å². The molecule has 1 saturated carbocycles. The van der Waals surface area contributed by atoms with Crippen molar-refractivity contribution in [1.29, 1.82) is 0 Å². The Bertz CT molecular complexity index is 538. The number of benzene rings is 1. The summed E-state index contributed by atoms with van der Waals surface area (Å²) in [6, 6.07) is 4.67. The lowest BCUT2D eigenvalue weighted by molar-refractivity contribution is -0.140. The number of carbonyl (C=O) groups is 2. The van der Waals surface area contributed by atoms with E-state index in [4.69, 9.17) is 16.3 Å². The second-order valence-corrected chi connectivity index (χ2v) is 5.98. The van der Waals surface area contributed by atoms with Crippen LogP contribution in [0.1, 0.15) is 38.2 Å². The van der Waals surface area contributed by atoms with Crippen LogP contribution >= 0.6 is 11.6 Å². The van der Waals surface area contributed by atoms with E-state index in [9.17, 15) is 9.59 Å². The molecule has 1 aliphatic carbocycles. The number of hydrogen-bond donors (Lipinski definition) is 1. The average molecular weight is 310 g/mol. The predicted octanol–water partition coefficient (Wildman–Crippen LogP) is 3.25. The van der Waals surface area contributed by atoms with Gasteiger partial charge in [-0.1, -0.05) is 30.5 Å². The molecule has 0 radical (unpaired) electrons. The fraction of sp³-hybridized carbons (Fsp3) is 0.500. The minimum absolute atomic E-state index is 0.144. The molecule has 1 N–H and O–H groups in total. The van der Waals surface area contributed by atoms with Crippen molar-refractivity contribution in [2.45, 2.75) is 45.6 Å². The third-order valence-corrected chi connectivity index (χ3v) is 4.09. The molecule has 1 unspecified atom stereocenters. The molecule has 0 spiro atoms. The molecule has 4 nitrogen and oxygen atoms in total. The van der Waals surface area contributed by atoms with Gasteiger partial charge >= 0.3 is 5.97 Å². The van der Waals surface area contributed by atoms with Gasteiger partial charge in [-0.2, -0.15) is 0 Å². The third-order valence-electron chi connectivity index (χ3n) is 3.78. The van der Waals surface area contributed by atoms with Crippen LogP contribution in [0, 0.1) is 12.8 Å². The first-order chi connectivity index (χ1) is 9.97. The summed E-state index contributed by atoms with van der Waals surface area (Å²) in [6.45, 7) is 3.31. The lowest BCUT2D eigenvalue weighted by atomic mass is 9.98. The smallest absolute Gasteiger partial charge is 0.334 e. The molecular formula is C16H20ClNO3. The summed E-state index contributed by atoms with van der Waals surface area (Å²) in [6.07, 6.45) is 4.03. The van der Waals surface area contributed by atoms with E-state index in [1.165, 1.54) is 6.92 Å². The largest absolute Gasteiger partial charge is 0.423 e. The van der Waals surface area contributed by atoms with Gasteiger partial charge in [0.2, 0.25) is 5.91 Å². The van der Waals surface area contributed by atoms with Crippen LogP contribution in [0.15, 0.2) is 18.2 Å². The van der Waals surface area contributed by atoms with Crippen LogP contribution in [0.3, 0.4) is 0 Å². The zero-order valence-electron chi connectivity index (χ0n) is 12.3. The van der Waals surface area contributed by atoms with Crippen molar-refractivity contribution in [3.8, 4) is 5.75 Å². The predicted molar refractivity (Wildman–Crippen MR) is 81.4 cm³/mol. The number of aryl methyl sites for hydroxylation is 1. The van der Waals surface area contributed by atoms with Crippen LogP contribution in [-0.4, -0.2) is 17.9 Å². The Morgan fingerprint density at radius 3 is 2.62 bits per heavy atom. The molecule has 1 amide bonds. The van der Waals surface area contributed by atoms with E-state index in [2.05, 4.69) is 5.32 Å². The van der Waals surface area contributed by atoms with Crippen LogP contribution in [0.5, 0.6) is 5.75 Å². The summed E-state index contributed by atoms with van der Waals surface area (Å²) < 4.78 is 5.42. The molecular weight excluding hydrogens is 290 g/mol. The lowest BCUT2D eigenvalue weighted by Crippen LogP contribution is -2.46. The number of halogens is 1. The zero-order valence-corrected chi connectivity index (χ0v) is 13.1. The highest BCUT2D eigenvalue weighted by Gasteiger charge is 2.33. The van der Waals surface area contributed by atoms with Gasteiger partial charge in [0.15, 0.2) is 0 Å². The van der Waals surface area contributed by atoms with Crippen LogP contribution in [0.4, 0.5) is 0 Å². The third kappa shape index (κ3) is 4.21. The molecule has 0 aliphatic heterocycles. The summed E-state index contributed by atoms with van der Waals surface area (Å²) in [4.78, 5) is 23.7. The second-order valence-electron chi connectivity index (χ2n) is 5.58. The molecule has 0 saturated heterocycles. The number of ether oxygens (including phenoxy) is 1. The van der Waals surface area contributed by atoms with E-state index in [1.807, 2.05) is 13.0 Å². The maximum absolute atomic E-state index is 12.4. The van der Waals surface area contributed by atoms with Crippen molar-refractivity contribution in [2.24, 2.45) is 5.92 Å². The van der Waals surface area contributed by atoms with Gasteiger partial charge in [-0.25, -0.2) is 4.79 Å². The average Bonchev–Trinajstić information content (AvgIpc) is 2.93. The minimum Gasteiger partial charge on any atom is -0.423 e. The number of amides is 1. The number of esters is 1. The van der Waals surface area contributed by atoms with Crippen molar-refractivity contribution in [3.63, 3.8) is 0 Å². The van der Waals surface area contributed by atoms with Crippen LogP contribution in [0.25, 0.3) is 0 Å². The Hall–Kier alpha value is -1.55. The normalized spacial score (nSPS) is 16.5. The van der Waals surface area contributed by atoms with Gasteiger partial charge in [-0.3, -0.25) is 4.79 Å². The molecule has 1 fully saturated rings. The zero-order chi connectivity index (χ0) is 15.4. The summed E-state index contributed by atoms with van der Waals surface area (Å²) in [7, 11) is 0. The Balaban J connectivity index is 2.13. The fourth-order valence-electron chi connectivity index (χ4n) is 2.74. The van der Waals surface area contributed by atoms with E-state index in [0.29, 0.717) is 10.8 Å². The highest BCUT2D eigenvalue weighted by molar-refractivity contribution is 6.32. The van der Waals surface area contributed by atoms with Crippen LogP contribution in [-0.2, 0) is 9.59 Å². The first kappa shape index (κ1) is 15.8. The van der Waals surface area contributed by atoms with Gasteiger partial charge in [0.1, 0.15) is 11.8 Å². The van der Waals surface area contributed by atoms with Crippen molar-refractivity contribution in [1.82, 2.24) is 5.32 Å². The Morgan fingerprint density at radius 2 is 2.00 bits per heavy atom. The Morgan fingerprint density at radius 1 is 1.33 bits per heavy atom. The summed E-state index contributed by atoms with van der Waals surface area (Å²) in [5.74, 6) is -0.177.